The Morgan fingerprint density at radius 2 is 0.817 bits per heavy atom. The van der Waals surface area contributed by atoms with Crippen molar-refractivity contribution in [2.24, 2.45) is 5.92 Å². The summed E-state index contributed by atoms with van der Waals surface area (Å²) in [5, 5.41) is 11.0. The molecule has 0 heterocycles. The van der Waals surface area contributed by atoms with E-state index in [1.807, 2.05) is 125 Å². The Kier molecular flexibility index (Phi) is 17.1. The summed E-state index contributed by atoms with van der Waals surface area (Å²) >= 11 is 0. The van der Waals surface area contributed by atoms with Crippen LogP contribution in [0.3, 0.4) is 0 Å². The van der Waals surface area contributed by atoms with Crippen LogP contribution in [-0.2, 0) is 19.6 Å². The Balaban J connectivity index is 0.000000223. The van der Waals surface area contributed by atoms with Gasteiger partial charge in [0.25, 0.3) is 0 Å². The quantitative estimate of drug-likeness (QED) is 0.0872. The van der Waals surface area contributed by atoms with Gasteiger partial charge in [-0.25, -0.2) is 9.59 Å². The Hall–Kier alpha value is -6.68. The van der Waals surface area contributed by atoms with E-state index in [1.54, 1.807) is 36.4 Å². The van der Waals surface area contributed by atoms with Gasteiger partial charge in [-0.15, -0.1) is 0 Å². The van der Waals surface area contributed by atoms with Gasteiger partial charge in [-0.2, -0.15) is 0 Å². The molecule has 7 aromatic rings. The van der Waals surface area contributed by atoms with E-state index in [2.05, 4.69) is 53.6 Å². The zero-order chi connectivity index (χ0) is 42.7. The lowest BCUT2D eigenvalue weighted by Gasteiger charge is -2.13. The van der Waals surface area contributed by atoms with E-state index in [9.17, 15) is 9.59 Å². The highest BCUT2D eigenvalue weighted by Crippen LogP contribution is 2.23. The molecular weight excluding hydrogens is 751 g/mol. The lowest BCUT2D eigenvalue weighted by Crippen LogP contribution is -2.19. The van der Waals surface area contributed by atoms with Crippen molar-refractivity contribution < 1.29 is 28.5 Å². The summed E-state index contributed by atoms with van der Waals surface area (Å²) in [6.07, 6.45) is -1.50. The summed E-state index contributed by atoms with van der Waals surface area (Å²) < 4.78 is 21.1. The number of hydrogen-bond acceptors (Lipinski definition) is 9. The molecule has 7 aromatic carbocycles. The second-order valence-electron chi connectivity index (χ2n) is 14.4. The molecule has 0 saturated heterocycles. The first kappa shape index (κ1) is 44.4. The van der Waals surface area contributed by atoms with E-state index in [0.717, 1.165) is 58.9 Å². The standard InChI is InChI=1S/C27H26N2O3.C22H23NO3.C2H6/c1-29(2)24-12-7-20(8-13-24)18-28-19-21-9-14-25(15-10-21)31-27(30)32-26-16-11-22-5-3-4-6-23(22)17-26;1-16(2)14-23-15-17-7-10-20(11-8-17)25-22(24)26-21-12-9-18-5-3-4-6-19(18)13-21;1-2/h3-17,28H,18-19H2,1-2H3;3-13,16,23H,14-15H2,1-2H3;1-2H3. The zero-order valence-electron chi connectivity index (χ0n) is 35.3. The minimum Gasteiger partial charge on any atom is -0.395 e. The second kappa shape index (κ2) is 23.0. The normalized spacial score (nSPS) is 10.5. The molecule has 0 unspecified atom stereocenters. The van der Waals surface area contributed by atoms with Crippen molar-refractivity contribution in [3.63, 3.8) is 0 Å². The first-order valence-corrected chi connectivity index (χ1v) is 20.3. The van der Waals surface area contributed by atoms with Crippen molar-refractivity contribution in [2.45, 2.75) is 47.3 Å². The van der Waals surface area contributed by atoms with Gasteiger partial charge in [-0.05, 0) is 111 Å². The number of nitrogens with zero attached hydrogens (tertiary/aromatic N) is 1. The minimum atomic E-state index is -0.757. The van der Waals surface area contributed by atoms with Crippen LogP contribution in [0.1, 0.15) is 44.4 Å². The number of fused-ring (bicyclic) bond motifs is 2. The van der Waals surface area contributed by atoms with Gasteiger partial charge in [0, 0.05) is 39.4 Å². The van der Waals surface area contributed by atoms with Crippen LogP contribution in [0.4, 0.5) is 15.3 Å². The summed E-state index contributed by atoms with van der Waals surface area (Å²) in [7, 11) is 4.06. The third-order valence-corrected chi connectivity index (χ3v) is 9.09. The molecule has 0 saturated carbocycles. The van der Waals surface area contributed by atoms with Crippen molar-refractivity contribution >= 4 is 39.5 Å². The molecule has 0 aliphatic carbocycles. The molecule has 0 amide bonds. The monoisotopic (exact) mass is 805 g/mol. The van der Waals surface area contributed by atoms with E-state index in [0.29, 0.717) is 28.9 Å². The SMILES string of the molecule is CC.CC(C)CNCc1ccc(OC(=O)Oc2ccc3ccccc3c2)cc1.CN(C)c1ccc(CNCc2ccc(OC(=O)Oc3ccc4ccccc4c3)cc2)cc1. The van der Waals surface area contributed by atoms with Gasteiger partial charge in [0.05, 0.1) is 0 Å². The third-order valence-electron chi connectivity index (χ3n) is 9.09. The van der Waals surface area contributed by atoms with Crippen molar-refractivity contribution in [1.29, 1.82) is 0 Å². The van der Waals surface area contributed by atoms with Crippen LogP contribution >= 0.6 is 0 Å². The Morgan fingerprint density at radius 3 is 1.22 bits per heavy atom. The van der Waals surface area contributed by atoms with E-state index >= 15 is 0 Å². The highest BCUT2D eigenvalue weighted by molar-refractivity contribution is 5.85. The minimum absolute atomic E-state index is 0.443. The predicted octanol–water partition coefficient (Wildman–Crippen LogP) is 12.0. The Labute approximate surface area is 353 Å². The van der Waals surface area contributed by atoms with E-state index in [-0.39, 0.29) is 0 Å². The maximum absolute atomic E-state index is 12.1. The average molecular weight is 806 g/mol. The second-order valence-corrected chi connectivity index (χ2v) is 14.4. The molecule has 2 N–H and O–H groups in total. The molecule has 9 nitrogen and oxygen atoms in total. The number of ether oxygens (including phenoxy) is 4. The molecule has 0 aromatic heterocycles. The molecule has 0 radical (unpaired) electrons. The van der Waals surface area contributed by atoms with Crippen LogP contribution in [0.15, 0.2) is 158 Å². The van der Waals surface area contributed by atoms with E-state index in [1.165, 1.54) is 11.3 Å². The number of benzene rings is 7. The highest BCUT2D eigenvalue weighted by atomic mass is 16.7. The molecule has 310 valence electrons. The van der Waals surface area contributed by atoms with Gasteiger partial charge < -0.3 is 34.5 Å². The predicted molar refractivity (Wildman–Crippen MR) is 243 cm³/mol. The van der Waals surface area contributed by atoms with Crippen LogP contribution in [0.5, 0.6) is 23.0 Å². The number of carbonyl (C=O) groups excluding carboxylic acids is 2. The number of nitrogens with one attached hydrogen (secondary N) is 2. The lowest BCUT2D eigenvalue weighted by atomic mass is 10.1. The van der Waals surface area contributed by atoms with Crippen LogP contribution in [0, 0.1) is 5.92 Å². The molecule has 60 heavy (non-hydrogen) atoms. The Bertz CT molecular complexity index is 2400. The van der Waals surface area contributed by atoms with Gasteiger partial charge in [0.1, 0.15) is 23.0 Å². The van der Waals surface area contributed by atoms with Crippen LogP contribution < -0.4 is 34.5 Å². The van der Waals surface area contributed by atoms with Crippen molar-refractivity contribution in [3.05, 3.63) is 174 Å². The number of carbonyl (C=O) groups is 2. The number of rotatable bonds is 13. The maximum atomic E-state index is 12.1. The fourth-order valence-electron chi connectivity index (χ4n) is 6.01. The van der Waals surface area contributed by atoms with Crippen molar-refractivity contribution in [3.8, 4) is 23.0 Å². The summed E-state index contributed by atoms with van der Waals surface area (Å²) in [6.45, 7) is 11.6. The smallest absolute Gasteiger partial charge is 0.395 e. The van der Waals surface area contributed by atoms with Crippen molar-refractivity contribution in [2.75, 3.05) is 25.5 Å². The molecule has 0 fully saturated rings. The highest BCUT2D eigenvalue weighted by Gasteiger charge is 2.10. The molecular formula is C51H55N3O6. The fraction of sp³-hybridized carbons (Fsp3) is 0.216. The molecule has 0 spiro atoms. The molecule has 0 aliphatic rings. The largest absolute Gasteiger partial charge is 0.519 e. The van der Waals surface area contributed by atoms with Gasteiger partial charge in [0.15, 0.2) is 0 Å². The van der Waals surface area contributed by atoms with Gasteiger partial charge >= 0.3 is 12.3 Å². The Morgan fingerprint density at radius 1 is 0.467 bits per heavy atom. The molecule has 0 bridgehead atoms. The summed E-state index contributed by atoms with van der Waals surface area (Å²) in [5.74, 6) is 2.43. The summed E-state index contributed by atoms with van der Waals surface area (Å²) in [4.78, 5) is 26.2. The molecule has 0 aliphatic heterocycles. The summed E-state index contributed by atoms with van der Waals surface area (Å²) in [5.41, 5.74) is 4.65. The third kappa shape index (κ3) is 14.3. The van der Waals surface area contributed by atoms with Gasteiger partial charge in [-0.3, -0.25) is 0 Å². The number of anilines is 1. The first-order valence-electron chi connectivity index (χ1n) is 20.3. The van der Waals surface area contributed by atoms with E-state index in [4.69, 9.17) is 18.9 Å². The molecule has 7 rings (SSSR count). The van der Waals surface area contributed by atoms with Crippen LogP contribution in [-0.4, -0.2) is 33.0 Å². The summed E-state index contributed by atoms with van der Waals surface area (Å²) in [6, 6.07) is 50.1. The van der Waals surface area contributed by atoms with Crippen LogP contribution in [0.2, 0.25) is 0 Å². The molecule has 0 atom stereocenters. The zero-order valence-corrected chi connectivity index (χ0v) is 35.3. The molecule has 9 heteroatoms. The maximum Gasteiger partial charge on any atom is 0.519 e. The topological polar surface area (TPSA) is 98.4 Å². The van der Waals surface area contributed by atoms with Crippen molar-refractivity contribution in [1.82, 2.24) is 10.6 Å². The van der Waals surface area contributed by atoms with Gasteiger partial charge in [0.2, 0.25) is 0 Å². The van der Waals surface area contributed by atoms with E-state index < -0.39 is 12.3 Å². The van der Waals surface area contributed by atoms with Crippen LogP contribution in [0.25, 0.3) is 21.5 Å². The average Bonchev–Trinajstić information content (AvgIpc) is 3.26. The number of hydrogen-bond donors (Lipinski definition) is 2. The fourth-order valence-corrected chi connectivity index (χ4v) is 6.01. The first-order chi connectivity index (χ1) is 29.2. The van der Waals surface area contributed by atoms with Gasteiger partial charge in [-0.1, -0.05) is 125 Å². The lowest BCUT2D eigenvalue weighted by molar-refractivity contribution is 0.150.